The van der Waals surface area contributed by atoms with Crippen LogP contribution in [-0.2, 0) is 22.3 Å². The van der Waals surface area contributed by atoms with E-state index in [0.717, 1.165) is 17.2 Å². The van der Waals surface area contributed by atoms with E-state index in [-0.39, 0.29) is 5.75 Å². The Bertz CT molecular complexity index is 919. The van der Waals surface area contributed by atoms with Gasteiger partial charge in [-0.05, 0) is 17.7 Å². The number of anilines is 1. The molecule has 29 heavy (non-hydrogen) atoms. The van der Waals surface area contributed by atoms with E-state index in [0.29, 0.717) is 38.4 Å². The van der Waals surface area contributed by atoms with E-state index in [2.05, 4.69) is 43.5 Å². The third kappa shape index (κ3) is 5.48. The van der Waals surface area contributed by atoms with Crippen molar-refractivity contribution in [3.63, 3.8) is 0 Å². The summed E-state index contributed by atoms with van der Waals surface area (Å²) in [6.07, 6.45) is 1.38. The zero-order valence-electron chi connectivity index (χ0n) is 17.1. The van der Waals surface area contributed by atoms with Crippen LogP contribution in [0.25, 0.3) is 0 Å². The Labute approximate surface area is 172 Å². The topological polar surface area (TPSA) is 94.3 Å². The SMILES string of the molecule is CN=C(NCc1cccc(N(C)C)c1)N1CCN(S(=O)(=O)Cc2ccon2)CC1. The Balaban J connectivity index is 1.54. The van der Waals surface area contributed by atoms with Crippen LogP contribution in [0.4, 0.5) is 5.69 Å². The van der Waals surface area contributed by atoms with Gasteiger partial charge >= 0.3 is 0 Å². The minimum Gasteiger partial charge on any atom is -0.378 e. The summed E-state index contributed by atoms with van der Waals surface area (Å²) in [6, 6.07) is 9.88. The van der Waals surface area contributed by atoms with Gasteiger partial charge in [-0.25, -0.2) is 8.42 Å². The average molecular weight is 421 g/mol. The fourth-order valence-corrected chi connectivity index (χ4v) is 4.65. The van der Waals surface area contributed by atoms with Gasteiger partial charge in [0.2, 0.25) is 10.0 Å². The number of piperazine rings is 1. The minimum absolute atomic E-state index is 0.140. The first-order valence-electron chi connectivity index (χ1n) is 9.48. The van der Waals surface area contributed by atoms with Crippen molar-refractivity contribution in [2.75, 3.05) is 52.2 Å². The first kappa shape index (κ1) is 21.1. The third-order valence-electron chi connectivity index (χ3n) is 4.84. The van der Waals surface area contributed by atoms with Gasteiger partial charge in [0.25, 0.3) is 0 Å². The Hall–Kier alpha value is -2.59. The van der Waals surface area contributed by atoms with Crippen LogP contribution < -0.4 is 10.2 Å². The van der Waals surface area contributed by atoms with Gasteiger partial charge in [0.1, 0.15) is 12.0 Å². The summed E-state index contributed by atoms with van der Waals surface area (Å²) >= 11 is 0. The lowest BCUT2D eigenvalue weighted by Crippen LogP contribution is -2.53. The second-order valence-corrected chi connectivity index (χ2v) is 9.07. The standard InChI is InChI=1S/C19H28N6O3S/c1-20-19(21-14-16-5-4-6-18(13-16)23(2)3)24-8-10-25(11-9-24)29(26,27)15-17-7-12-28-22-17/h4-7,12-13H,8-11,14-15H2,1-3H3,(H,20,21). The van der Waals surface area contributed by atoms with Crippen molar-refractivity contribution in [3.8, 4) is 0 Å². The molecular formula is C19H28N6O3S. The quantitative estimate of drug-likeness (QED) is 0.549. The number of guanidine groups is 1. The summed E-state index contributed by atoms with van der Waals surface area (Å²) in [7, 11) is 2.36. The molecule has 158 valence electrons. The van der Waals surface area contributed by atoms with Gasteiger partial charge in [-0.2, -0.15) is 4.31 Å². The molecule has 2 aromatic rings. The molecule has 0 aliphatic carbocycles. The highest BCUT2D eigenvalue weighted by Crippen LogP contribution is 2.15. The largest absolute Gasteiger partial charge is 0.378 e. The van der Waals surface area contributed by atoms with Crippen LogP contribution in [-0.4, -0.2) is 76.1 Å². The summed E-state index contributed by atoms with van der Waals surface area (Å²) < 4.78 is 31.4. The molecule has 1 fully saturated rings. The predicted octanol–water partition coefficient (Wildman–Crippen LogP) is 0.964. The van der Waals surface area contributed by atoms with Crippen molar-refractivity contribution >= 4 is 21.7 Å². The summed E-state index contributed by atoms with van der Waals surface area (Å²) in [5.74, 6) is 0.632. The maximum Gasteiger partial charge on any atom is 0.220 e. The highest BCUT2D eigenvalue weighted by Gasteiger charge is 2.28. The molecule has 1 aromatic carbocycles. The van der Waals surface area contributed by atoms with E-state index in [1.54, 1.807) is 13.1 Å². The molecule has 1 N–H and O–H groups in total. The summed E-state index contributed by atoms with van der Waals surface area (Å²) in [5, 5.41) is 7.08. The van der Waals surface area contributed by atoms with Crippen molar-refractivity contribution in [2.45, 2.75) is 12.3 Å². The number of hydrogen-bond acceptors (Lipinski definition) is 6. The highest BCUT2D eigenvalue weighted by atomic mass is 32.2. The molecule has 1 aromatic heterocycles. The van der Waals surface area contributed by atoms with E-state index >= 15 is 0 Å². The number of hydrogen-bond donors (Lipinski definition) is 1. The number of sulfonamides is 1. The maximum absolute atomic E-state index is 12.6. The van der Waals surface area contributed by atoms with Gasteiger partial charge in [0.05, 0.1) is 5.69 Å². The lowest BCUT2D eigenvalue weighted by atomic mass is 10.2. The highest BCUT2D eigenvalue weighted by molar-refractivity contribution is 7.88. The van der Waals surface area contributed by atoms with Crippen LogP contribution >= 0.6 is 0 Å². The molecule has 0 saturated carbocycles. The lowest BCUT2D eigenvalue weighted by Gasteiger charge is -2.35. The molecule has 1 aliphatic heterocycles. The number of nitrogens with zero attached hydrogens (tertiary/aromatic N) is 5. The molecule has 10 heteroatoms. The molecule has 9 nitrogen and oxygen atoms in total. The summed E-state index contributed by atoms with van der Waals surface area (Å²) in [4.78, 5) is 8.51. The minimum atomic E-state index is -3.41. The Morgan fingerprint density at radius 3 is 2.62 bits per heavy atom. The smallest absolute Gasteiger partial charge is 0.220 e. The van der Waals surface area contributed by atoms with Gasteiger partial charge in [0, 0.05) is 65.6 Å². The predicted molar refractivity (Wildman–Crippen MR) is 113 cm³/mol. The zero-order chi connectivity index (χ0) is 20.9. The normalized spacial score (nSPS) is 16.1. The lowest BCUT2D eigenvalue weighted by molar-refractivity contribution is 0.259. The molecule has 0 radical (unpaired) electrons. The monoisotopic (exact) mass is 420 g/mol. The van der Waals surface area contributed by atoms with Crippen LogP contribution in [0, 0.1) is 0 Å². The molecule has 0 amide bonds. The van der Waals surface area contributed by atoms with Gasteiger partial charge in [-0.15, -0.1) is 0 Å². The van der Waals surface area contributed by atoms with Crippen molar-refractivity contribution in [3.05, 3.63) is 47.9 Å². The maximum atomic E-state index is 12.6. The molecule has 0 bridgehead atoms. The first-order chi connectivity index (χ1) is 13.9. The third-order valence-corrected chi connectivity index (χ3v) is 6.65. The van der Waals surface area contributed by atoms with Crippen molar-refractivity contribution in [1.82, 2.24) is 19.7 Å². The Morgan fingerprint density at radius 1 is 1.24 bits per heavy atom. The Morgan fingerprint density at radius 2 is 2.00 bits per heavy atom. The van der Waals surface area contributed by atoms with E-state index in [4.69, 9.17) is 4.52 Å². The number of nitrogens with one attached hydrogen (secondary N) is 1. The number of aliphatic imine (C=N–C) groups is 1. The van der Waals surface area contributed by atoms with E-state index < -0.39 is 10.0 Å². The molecule has 2 heterocycles. The second-order valence-electron chi connectivity index (χ2n) is 7.10. The van der Waals surface area contributed by atoms with Gasteiger partial charge in [-0.3, -0.25) is 4.99 Å². The first-order valence-corrected chi connectivity index (χ1v) is 11.1. The molecule has 1 aliphatic rings. The molecule has 0 spiro atoms. The van der Waals surface area contributed by atoms with Crippen molar-refractivity contribution in [2.24, 2.45) is 4.99 Å². The summed E-state index contributed by atoms with van der Waals surface area (Å²) in [5.41, 5.74) is 2.72. The van der Waals surface area contributed by atoms with Gasteiger partial charge in [0.15, 0.2) is 5.96 Å². The number of aromatic nitrogens is 1. The Kier molecular flexibility index (Phi) is 6.75. The van der Waals surface area contributed by atoms with Crippen molar-refractivity contribution in [1.29, 1.82) is 0 Å². The molecule has 0 unspecified atom stereocenters. The average Bonchev–Trinajstić information content (AvgIpc) is 3.21. The van der Waals surface area contributed by atoms with Gasteiger partial charge in [-0.1, -0.05) is 17.3 Å². The molecular weight excluding hydrogens is 392 g/mol. The van der Waals surface area contributed by atoms with Crippen molar-refractivity contribution < 1.29 is 12.9 Å². The van der Waals surface area contributed by atoms with Crippen LogP contribution in [0.15, 0.2) is 46.1 Å². The van der Waals surface area contributed by atoms with Gasteiger partial charge < -0.3 is 19.6 Å². The van der Waals surface area contributed by atoms with E-state index in [9.17, 15) is 8.42 Å². The zero-order valence-corrected chi connectivity index (χ0v) is 17.9. The van der Waals surface area contributed by atoms with E-state index in [1.807, 2.05) is 20.2 Å². The fourth-order valence-electron chi connectivity index (χ4n) is 3.23. The van der Waals surface area contributed by atoms with Crippen LogP contribution in [0.5, 0.6) is 0 Å². The number of benzene rings is 1. The van der Waals surface area contributed by atoms with Crippen LogP contribution in [0.2, 0.25) is 0 Å². The van der Waals surface area contributed by atoms with Crippen LogP contribution in [0.3, 0.4) is 0 Å². The molecule has 1 saturated heterocycles. The second kappa shape index (κ2) is 9.27. The summed E-state index contributed by atoms with van der Waals surface area (Å²) in [6.45, 7) is 2.64. The fraction of sp³-hybridized carbons (Fsp3) is 0.474. The molecule has 3 rings (SSSR count). The van der Waals surface area contributed by atoms with Crippen LogP contribution in [0.1, 0.15) is 11.3 Å². The van der Waals surface area contributed by atoms with E-state index in [1.165, 1.54) is 10.6 Å². The molecule has 0 atom stereocenters. The number of rotatable bonds is 6.